The molecule has 0 unspecified atom stereocenters. The average Bonchev–Trinajstić information content (AvgIpc) is 3.42. The van der Waals surface area contributed by atoms with E-state index in [0.29, 0.717) is 18.7 Å². The molecule has 3 aromatic rings. The highest BCUT2D eigenvalue weighted by Gasteiger charge is 2.27. The Bertz CT molecular complexity index is 1220. The highest BCUT2D eigenvalue weighted by molar-refractivity contribution is 5.94. The number of rotatable bonds is 2. The van der Waals surface area contributed by atoms with Crippen molar-refractivity contribution >= 4 is 11.7 Å². The molecule has 2 aliphatic rings. The fourth-order valence-electron chi connectivity index (χ4n) is 4.16. The summed E-state index contributed by atoms with van der Waals surface area (Å²) in [6.45, 7) is 3.32. The van der Waals surface area contributed by atoms with Gasteiger partial charge in [-0.1, -0.05) is 5.92 Å². The molecule has 7 nitrogen and oxygen atoms in total. The van der Waals surface area contributed by atoms with Crippen molar-refractivity contribution in [1.29, 1.82) is 0 Å². The van der Waals surface area contributed by atoms with E-state index in [1.807, 2.05) is 19.2 Å². The number of anilines is 1. The van der Waals surface area contributed by atoms with Crippen molar-refractivity contribution in [2.24, 2.45) is 0 Å². The van der Waals surface area contributed by atoms with Gasteiger partial charge in [0.05, 0.1) is 35.5 Å². The number of hydrogen-bond acceptors (Lipinski definition) is 4. The van der Waals surface area contributed by atoms with E-state index in [-0.39, 0.29) is 12.1 Å². The lowest BCUT2D eigenvalue weighted by atomic mass is 10.1. The number of urea groups is 1. The van der Waals surface area contributed by atoms with E-state index in [0.717, 1.165) is 54.0 Å². The van der Waals surface area contributed by atoms with Gasteiger partial charge >= 0.3 is 6.03 Å². The van der Waals surface area contributed by atoms with Crippen LogP contribution < -0.4 is 10.2 Å². The number of fused-ring (bicyclic) bond motifs is 2. The van der Waals surface area contributed by atoms with Crippen LogP contribution in [0.15, 0.2) is 36.8 Å². The summed E-state index contributed by atoms with van der Waals surface area (Å²) in [7, 11) is 0. The van der Waals surface area contributed by atoms with Crippen LogP contribution in [0.4, 0.5) is 14.9 Å². The van der Waals surface area contributed by atoms with Gasteiger partial charge in [-0.05, 0) is 43.9 Å². The van der Waals surface area contributed by atoms with Crippen molar-refractivity contribution in [3.05, 3.63) is 71.1 Å². The zero-order valence-electron chi connectivity index (χ0n) is 17.8. The second kappa shape index (κ2) is 8.42. The smallest absolute Gasteiger partial charge is 0.322 e. The van der Waals surface area contributed by atoms with Crippen molar-refractivity contribution in [3.63, 3.8) is 0 Å². The number of carbonyl (C=O) groups excluding carboxylic acids is 1. The fourth-order valence-corrected chi connectivity index (χ4v) is 4.16. The summed E-state index contributed by atoms with van der Waals surface area (Å²) in [6, 6.07) is 4.23. The minimum atomic E-state index is -0.406. The van der Waals surface area contributed by atoms with Crippen molar-refractivity contribution in [3.8, 4) is 11.8 Å². The molecule has 0 spiro atoms. The summed E-state index contributed by atoms with van der Waals surface area (Å²) in [6.07, 6.45) is 8.75. The van der Waals surface area contributed by atoms with Gasteiger partial charge in [0.2, 0.25) is 0 Å². The quantitative estimate of drug-likeness (QED) is 0.633. The molecule has 32 heavy (non-hydrogen) atoms. The maximum atomic E-state index is 13.1. The van der Waals surface area contributed by atoms with Crippen molar-refractivity contribution in [2.75, 3.05) is 11.4 Å². The lowest BCUT2D eigenvalue weighted by Crippen LogP contribution is -2.40. The van der Waals surface area contributed by atoms with Gasteiger partial charge in [0.15, 0.2) is 0 Å². The summed E-state index contributed by atoms with van der Waals surface area (Å²) in [5, 5.41) is 2.93. The molecular weight excluding hydrogens is 407 g/mol. The Labute approximate surface area is 185 Å². The summed E-state index contributed by atoms with van der Waals surface area (Å²) in [5.74, 6) is 7.09. The molecule has 3 aromatic heterocycles. The lowest BCUT2D eigenvalue weighted by molar-refractivity contribution is 0.243. The highest BCUT2D eigenvalue weighted by atomic mass is 19.1. The van der Waals surface area contributed by atoms with Crippen LogP contribution in [0.5, 0.6) is 0 Å². The molecule has 5 heterocycles. The molecule has 0 aromatic carbocycles. The molecule has 0 radical (unpaired) electrons. The second-order valence-corrected chi connectivity index (χ2v) is 8.08. The monoisotopic (exact) mass is 430 g/mol. The van der Waals surface area contributed by atoms with Crippen molar-refractivity contribution < 1.29 is 9.18 Å². The number of aryl methyl sites for hydroxylation is 1. The molecule has 1 atom stereocenters. The number of aromatic nitrogens is 4. The Balaban J connectivity index is 1.33. The Morgan fingerprint density at radius 2 is 2.00 bits per heavy atom. The van der Waals surface area contributed by atoms with E-state index in [1.165, 1.54) is 12.5 Å². The molecule has 0 aliphatic carbocycles. The lowest BCUT2D eigenvalue weighted by Gasteiger charge is -2.21. The number of pyridine rings is 2. The average molecular weight is 430 g/mol. The summed E-state index contributed by atoms with van der Waals surface area (Å²) < 4.78 is 15.3. The predicted octanol–water partition coefficient (Wildman–Crippen LogP) is 3.38. The first kappa shape index (κ1) is 20.2. The van der Waals surface area contributed by atoms with Crippen LogP contribution in [0.1, 0.15) is 54.3 Å². The fraction of sp³-hybridized carbons (Fsp3) is 0.333. The zero-order chi connectivity index (χ0) is 22.1. The van der Waals surface area contributed by atoms with Gasteiger partial charge in [-0.15, -0.1) is 0 Å². The van der Waals surface area contributed by atoms with Crippen LogP contribution in [-0.4, -0.2) is 32.1 Å². The third-order valence-corrected chi connectivity index (χ3v) is 5.89. The number of halogens is 1. The normalized spacial score (nSPS) is 15.4. The Morgan fingerprint density at radius 3 is 2.84 bits per heavy atom. The minimum Gasteiger partial charge on any atom is -0.330 e. The Morgan fingerprint density at radius 1 is 1.09 bits per heavy atom. The highest BCUT2D eigenvalue weighted by Crippen LogP contribution is 2.27. The molecule has 2 aliphatic heterocycles. The zero-order valence-corrected chi connectivity index (χ0v) is 17.8. The van der Waals surface area contributed by atoms with Gasteiger partial charge in [0.25, 0.3) is 0 Å². The van der Waals surface area contributed by atoms with Crippen LogP contribution in [-0.2, 0) is 19.4 Å². The largest absolute Gasteiger partial charge is 0.330 e. The van der Waals surface area contributed by atoms with Gasteiger partial charge in [-0.25, -0.2) is 14.2 Å². The van der Waals surface area contributed by atoms with E-state index in [4.69, 9.17) is 0 Å². The van der Waals surface area contributed by atoms with Crippen LogP contribution in [0, 0.1) is 17.7 Å². The van der Waals surface area contributed by atoms with Gasteiger partial charge in [0, 0.05) is 37.7 Å². The maximum absolute atomic E-state index is 13.1. The minimum absolute atomic E-state index is 0.237. The molecule has 0 saturated carbocycles. The molecule has 162 valence electrons. The molecule has 2 amide bonds. The standard InChI is InChI=1S/C24H23FN6O/c1-16(20-8-6-18(25)14-27-20)29-24(32)31-11-9-21-22(31)12-17(13-26-21)5-7-19-15-28-23-4-2-3-10-30(19)23/h6,8,12-16H,2-4,9-11H2,1H3,(H,29,32)/t16-/m0/s1. The van der Waals surface area contributed by atoms with Gasteiger partial charge in [-0.3, -0.25) is 14.9 Å². The van der Waals surface area contributed by atoms with Crippen molar-refractivity contribution in [1.82, 2.24) is 24.8 Å². The van der Waals surface area contributed by atoms with E-state index in [1.54, 1.807) is 17.2 Å². The molecule has 0 bridgehead atoms. The number of carbonyl (C=O) groups is 1. The van der Waals surface area contributed by atoms with Gasteiger partial charge in [-0.2, -0.15) is 0 Å². The molecule has 8 heteroatoms. The molecular formula is C24H23FN6O. The Hall–Kier alpha value is -3.73. The first-order chi connectivity index (χ1) is 15.6. The summed E-state index contributed by atoms with van der Waals surface area (Å²) in [5.41, 5.74) is 3.91. The first-order valence-electron chi connectivity index (χ1n) is 10.8. The SMILES string of the molecule is C[C@H](NC(=O)N1CCc2ncc(C#Cc3cnc4n3CCCC4)cc21)c1ccc(F)cn1. The van der Waals surface area contributed by atoms with E-state index < -0.39 is 5.82 Å². The van der Waals surface area contributed by atoms with Crippen LogP contribution in [0.25, 0.3) is 0 Å². The molecule has 0 fully saturated rings. The van der Waals surface area contributed by atoms with Crippen LogP contribution >= 0.6 is 0 Å². The molecule has 0 saturated heterocycles. The number of nitrogens with zero attached hydrogens (tertiary/aromatic N) is 5. The van der Waals surface area contributed by atoms with Crippen LogP contribution in [0.3, 0.4) is 0 Å². The van der Waals surface area contributed by atoms with Gasteiger partial charge in [0.1, 0.15) is 17.3 Å². The van der Waals surface area contributed by atoms with Gasteiger partial charge < -0.3 is 9.88 Å². The van der Waals surface area contributed by atoms with Crippen molar-refractivity contribution in [2.45, 2.75) is 45.2 Å². The van der Waals surface area contributed by atoms with E-state index in [9.17, 15) is 9.18 Å². The number of nitrogens with one attached hydrogen (secondary N) is 1. The Kier molecular flexibility index (Phi) is 5.31. The number of hydrogen-bond donors (Lipinski definition) is 1. The number of amides is 2. The third-order valence-electron chi connectivity index (χ3n) is 5.89. The molecule has 1 N–H and O–H groups in total. The van der Waals surface area contributed by atoms with E-state index in [2.05, 4.69) is 36.7 Å². The topological polar surface area (TPSA) is 75.9 Å². The predicted molar refractivity (Wildman–Crippen MR) is 118 cm³/mol. The summed E-state index contributed by atoms with van der Waals surface area (Å²) >= 11 is 0. The second-order valence-electron chi connectivity index (χ2n) is 8.08. The van der Waals surface area contributed by atoms with Crippen LogP contribution in [0.2, 0.25) is 0 Å². The summed E-state index contributed by atoms with van der Waals surface area (Å²) in [4.78, 5) is 27.6. The first-order valence-corrected chi connectivity index (χ1v) is 10.8. The van der Waals surface area contributed by atoms with E-state index >= 15 is 0 Å². The third kappa shape index (κ3) is 3.94. The molecule has 5 rings (SSSR count). The maximum Gasteiger partial charge on any atom is 0.322 e. The number of imidazole rings is 1.